The highest BCUT2D eigenvalue weighted by Crippen LogP contribution is 2.27. The van der Waals surface area contributed by atoms with Gasteiger partial charge in [0.2, 0.25) is 0 Å². The van der Waals surface area contributed by atoms with Crippen molar-refractivity contribution in [2.75, 3.05) is 25.0 Å². The molecule has 1 amide bonds. The molecule has 102 valence electrons. The highest BCUT2D eigenvalue weighted by Gasteiger charge is 2.29. The van der Waals surface area contributed by atoms with Gasteiger partial charge in [0, 0.05) is 30.9 Å². The zero-order valence-electron chi connectivity index (χ0n) is 11.8. The maximum Gasteiger partial charge on any atom is 0.253 e. The first-order chi connectivity index (χ1) is 9.15. The van der Waals surface area contributed by atoms with Crippen LogP contribution in [-0.2, 0) is 6.42 Å². The monoisotopic (exact) mass is 258 g/mol. The van der Waals surface area contributed by atoms with Crippen LogP contribution in [0.4, 0.5) is 5.69 Å². The molecule has 3 heteroatoms. The third-order valence-electron chi connectivity index (χ3n) is 4.52. The summed E-state index contributed by atoms with van der Waals surface area (Å²) in [7, 11) is 0. The largest absolute Gasteiger partial charge is 0.384 e. The number of anilines is 1. The van der Waals surface area contributed by atoms with E-state index < -0.39 is 0 Å². The van der Waals surface area contributed by atoms with E-state index in [-0.39, 0.29) is 5.91 Å². The summed E-state index contributed by atoms with van der Waals surface area (Å²) in [5.41, 5.74) is 3.31. The second kappa shape index (κ2) is 4.87. The molecule has 1 aromatic rings. The van der Waals surface area contributed by atoms with E-state index >= 15 is 0 Å². The van der Waals surface area contributed by atoms with Crippen molar-refractivity contribution in [2.45, 2.75) is 26.7 Å². The van der Waals surface area contributed by atoms with Gasteiger partial charge in [-0.05, 0) is 42.4 Å². The van der Waals surface area contributed by atoms with Crippen LogP contribution in [0, 0.1) is 11.8 Å². The predicted molar refractivity (Wildman–Crippen MR) is 77.5 cm³/mol. The lowest BCUT2D eigenvalue weighted by Gasteiger charge is -2.18. The SMILES string of the molecule is CC(C)C1CCN(C(=O)c2ccc3c(c2)NCC3)C1. The topological polar surface area (TPSA) is 32.3 Å². The van der Waals surface area contributed by atoms with Crippen molar-refractivity contribution in [2.24, 2.45) is 11.8 Å². The quantitative estimate of drug-likeness (QED) is 0.884. The molecule has 19 heavy (non-hydrogen) atoms. The van der Waals surface area contributed by atoms with Crippen molar-refractivity contribution in [1.82, 2.24) is 4.90 Å². The Hall–Kier alpha value is -1.51. The molecule has 1 fully saturated rings. The zero-order chi connectivity index (χ0) is 13.4. The molecule has 3 nitrogen and oxygen atoms in total. The number of rotatable bonds is 2. The Kier molecular flexibility index (Phi) is 3.21. The van der Waals surface area contributed by atoms with Gasteiger partial charge >= 0.3 is 0 Å². The molecule has 1 aromatic carbocycles. The molecular weight excluding hydrogens is 236 g/mol. The molecule has 3 rings (SSSR count). The molecule has 0 aromatic heterocycles. The zero-order valence-corrected chi connectivity index (χ0v) is 11.8. The number of hydrogen-bond acceptors (Lipinski definition) is 2. The maximum atomic E-state index is 12.5. The molecule has 1 unspecified atom stereocenters. The number of fused-ring (bicyclic) bond motifs is 1. The van der Waals surface area contributed by atoms with E-state index in [0.29, 0.717) is 11.8 Å². The second-order valence-electron chi connectivity index (χ2n) is 6.09. The van der Waals surface area contributed by atoms with E-state index in [1.54, 1.807) is 0 Å². The van der Waals surface area contributed by atoms with Gasteiger partial charge in [-0.1, -0.05) is 19.9 Å². The molecule has 0 bridgehead atoms. The first-order valence-electron chi connectivity index (χ1n) is 7.31. The highest BCUT2D eigenvalue weighted by atomic mass is 16.2. The van der Waals surface area contributed by atoms with Crippen LogP contribution in [0.15, 0.2) is 18.2 Å². The van der Waals surface area contributed by atoms with Crippen molar-refractivity contribution < 1.29 is 4.79 Å². The Morgan fingerprint density at radius 3 is 3.00 bits per heavy atom. The van der Waals surface area contributed by atoms with Gasteiger partial charge in [0.1, 0.15) is 0 Å². The number of nitrogens with one attached hydrogen (secondary N) is 1. The third kappa shape index (κ3) is 2.34. The summed E-state index contributed by atoms with van der Waals surface area (Å²) in [6, 6.07) is 6.10. The van der Waals surface area contributed by atoms with Crippen molar-refractivity contribution in [3.63, 3.8) is 0 Å². The van der Waals surface area contributed by atoms with Crippen LogP contribution in [0.25, 0.3) is 0 Å². The third-order valence-corrected chi connectivity index (χ3v) is 4.52. The summed E-state index contributed by atoms with van der Waals surface area (Å²) < 4.78 is 0. The molecular formula is C16H22N2O. The average Bonchev–Trinajstić information content (AvgIpc) is 3.06. The lowest BCUT2D eigenvalue weighted by molar-refractivity contribution is 0.0784. The summed E-state index contributed by atoms with van der Waals surface area (Å²) >= 11 is 0. The molecule has 2 aliphatic heterocycles. The maximum absolute atomic E-state index is 12.5. The molecule has 0 aliphatic carbocycles. The van der Waals surface area contributed by atoms with Gasteiger partial charge in [-0.25, -0.2) is 0 Å². The minimum atomic E-state index is 0.194. The van der Waals surface area contributed by atoms with E-state index in [4.69, 9.17) is 0 Å². The van der Waals surface area contributed by atoms with Gasteiger partial charge in [0.15, 0.2) is 0 Å². The normalized spacial score (nSPS) is 21.6. The minimum Gasteiger partial charge on any atom is -0.384 e. The van der Waals surface area contributed by atoms with Gasteiger partial charge in [-0.15, -0.1) is 0 Å². The molecule has 0 spiro atoms. The Labute approximate surface area is 115 Å². The van der Waals surface area contributed by atoms with Gasteiger partial charge in [-0.2, -0.15) is 0 Å². The van der Waals surface area contributed by atoms with Crippen molar-refractivity contribution in [3.05, 3.63) is 29.3 Å². The molecule has 2 aliphatic rings. The summed E-state index contributed by atoms with van der Waals surface area (Å²) in [6.45, 7) is 7.31. The average molecular weight is 258 g/mol. The molecule has 1 saturated heterocycles. The summed E-state index contributed by atoms with van der Waals surface area (Å²) in [6.07, 6.45) is 2.22. The number of benzene rings is 1. The van der Waals surface area contributed by atoms with E-state index in [2.05, 4.69) is 25.2 Å². The Balaban J connectivity index is 1.74. The Morgan fingerprint density at radius 1 is 1.42 bits per heavy atom. The van der Waals surface area contributed by atoms with Gasteiger partial charge in [0.05, 0.1) is 0 Å². The molecule has 1 N–H and O–H groups in total. The molecule has 0 radical (unpaired) electrons. The van der Waals surface area contributed by atoms with Crippen LogP contribution in [0.3, 0.4) is 0 Å². The van der Waals surface area contributed by atoms with Crippen molar-refractivity contribution >= 4 is 11.6 Å². The summed E-state index contributed by atoms with van der Waals surface area (Å²) in [4.78, 5) is 14.5. The predicted octanol–water partition coefficient (Wildman–Crippen LogP) is 2.77. The number of amides is 1. The standard InChI is InChI=1S/C16H22N2O/c1-11(2)14-6-8-18(10-14)16(19)13-4-3-12-5-7-17-15(12)9-13/h3-4,9,11,14,17H,5-8,10H2,1-2H3. The Morgan fingerprint density at radius 2 is 2.26 bits per heavy atom. The van der Waals surface area contributed by atoms with Crippen LogP contribution in [-0.4, -0.2) is 30.4 Å². The Bertz CT molecular complexity index is 496. The second-order valence-corrected chi connectivity index (χ2v) is 6.09. The fourth-order valence-electron chi connectivity index (χ4n) is 3.12. The van der Waals surface area contributed by atoms with Crippen LogP contribution in [0.1, 0.15) is 36.2 Å². The van der Waals surface area contributed by atoms with Crippen LogP contribution in [0.5, 0.6) is 0 Å². The van der Waals surface area contributed by atoms with E-state index in [1.807, 2.05) is 17.0 Å². The number of carbonyl (C=O) groups excluding carboxylic acids is 1. The number of likely N-dealkylation sites (tertiary alicyclic amines) is 1. The van der Waals surface area contributed by atoms with Gasteiger partial charge < -0.3 is 10.2 Å². The fraction of sp³-hybridized carbons (Fsp3) is 0.562. The smallest absolute Gasteiger partial charge is 0.253 e. The van der Waals surface area contributed by atoms with E-state index in [9.17, 15) is 4.79 Å². The number of nitrogens with zero attached hydrogens (tertiary/aromatic N) is 1. The van der Waals surface area contributed by atoms with E-state index in [0.717, 1.165) is 43.7 Å². The van der Waals surface area contributed by atoms with Gasteiger partial charge in [-0.3, -0.25) is 4.79 Å². The summed E-state index contributed by atoms with van der Waals surface area (Å²) in [5.74, 6) is 1.52. The van der Waals surface area contributed by atoms with Crippen molar-refractivity contribution in [1.29, 1.82) is 0 Å². The number of carbonyl (C=O) groups is 1. The van der Waals surface area contributed by atoms with Gasteiger partial charge in [0.25, 0.3) is 5.91 Å². The molecule has 2 heterocycles. The minimum absolute atomic E-state index is 0.194. The van der Waals surface area contributed by atoms with Crippen molar-refractivity contribution in [3.8, 4) is 0 Å². The lowest BCUT2D eigenvalue weighted by atomic mass is 9.95. The highest BCUT2D eigenvalue weighted by molar-refractivity contribution is 5.95. The van der Waals surface area contributed by atoms with Crippen LogP contribution < -0.4 is 5.32 Å². The fourth-order valence-corrected chi connectivity index (χ4v) is 3.12. The first-order valence-corrected chi connectivity index (χ1v) is 7.31. The van der Waals surface area contributed by atoms with E-state index in [1.165, 1.54) is 5.56 Å². The summed E-state index contributed by atoms with van der Waals surface area (Å²) in [5, 5.41) is 3.34. The van der Waals surface area contributed by atoms with Crippen LogP contribution >= 0.6 is 0 Å². The molecule has 0 saturated carbocycles. The lowest BCUT2D eigenvalue weighted by Crippen LogP contribution is -2.29. The first kappa shape index (κ1) is 12.5. The number of hydrogen-bond donors (Lipinski definition) is 1. The molecule has 1 atom stereocenters. The van der Waals surface area contributed by atoms with Crippen LogP contribution in [0.2, 0.25) is 0 Å².